The van der Waals surface area contributed by atoms with Crippen molar-refractivity contribution in [1.29, 1.82) is 0 Å². The number of primary amides is 1. The molecule has 7 heteroatoms. The van der Waals surface area contributed by atoms with Crippen molar-refractivity contribution < 1.29 is 19.1 Å². The van der Waals surface area contributed by atoms with Gasteiger partial charge in [0.1, 0.15) is 6.54 Å². The van der Waals surface area contributed by atoms with Crippen molar-refractivity contribution in [3.8, 4) is 0 Å². The molecule has 0 radical (unpaired) electrons. The summed E-state index contributed by atoms with van der Waals surface area (Å²) < 4.78 is 4.38. The Labute approximate surface area is 103 Å². The van der Waals surface area contributed by atoms with Crippen LogP contribution < -0.4 is 16.4 Å². The van der Waals surface area contributed by atoms with Crippen LogP contribution in [0.25, 0.3) is 0 Å². The van der Waals surface area contributed by atoms with Crippen molar-refractivity contribution >= 4 is 23.6 Å². The number of nitrogens with one attached hydrogen (secondary N) is 2. The van der Waals surface area contributed by atoms with Crippen molar-refractivity contribution in [2.24, 2.45) is 5.73 Å². The van der Waals surface area contributed by atoms with Gasteiger partial charge in [-0.25, -0.2) is 4.79 Å². The third-order valence-electron chi connectivity index (χ3n) is 2.04. The van der Waals surface area contributed by atoms with Crippen molar-refractivity contribution in [2.45, 2.75) is 0 Å². The molecule has 1 aromatic rings. The van der Waals surface area contributed by atoms with Crippen molar-refractivity contribution in [3.63, 3.8) is 0 Å². The van der Waals surface area contributed by atoms with Gasteiger partial charge in [0, 0.05) is 11.3 Å². The van der Waals surface area contributed by atoms with E-state index in [-0.39, 0.29) is 6.54 Å². The molecule has 1 rings (SSSR count). The van der Waals surface area contributed by atoms with Crippen LogP contribution in [0.15, 0.2) is 24.3 Å². The largest absolute Gasteiger partial charge is 0.468 e. The lowest BCUT2D eigenvalue weighted by atomic mass is 10.2. The molecular formula is C11H13N3O4. The fourth-order valence-electron chi connectivity index (χ4n) is 1.17. The minimum absolute atomic E-state index is 0.198. The van der Waals surface area contributed by atoms with Crippen LogP contribution in [0, 0.1) is 0 Å². The molecule has 0 aliphatic carbocycles. The third kappa shape index (κ3) is 4.12. The summed E-state index contributed by atoms with van der Waals surface area (Å²) in [6, 6.07) is 5.36. The smallest absolute Gasteiger partial charge is 0.325 e. The zero-order valence-electron chi connectivity index (χ0n) is 9.73. The van der Waals surface area contributed by atoms with E-state index in [2.05, 4.69) is 15.4 Å². The molecule has 0 heterocycles. The molecule has 0 saturated heterocycles. The fraction of sp³-hybridized carbons (Fsp3) is 0.182. The molecule has 0 aliphatic heterocycles. The Morgan fingerprint density at radius 3 is 2.33 bits per heavy atom. The predicted octanol–water partition coefficient (Wildman–Crippen LogP) is 0.0800. The summed E-state index contributed by atoms with van der Waals surface area (Å²) in [7, 11) is 1.23. The van der Waals surface area contributed by atoms with Gasteiger partial charge in [0.25, 0.3) is 5.91 Å². The molecule has 7 nitrogen and oxygen atoms in total. The van der Waals surface area contributed by atoms with Crippen LogP contribution in [0.1, 0.15) is 10.4 Å². The molecule has 18 heavy (non-hydrogen) atoms. The van der Waals surface area contributed by atoms with Crippen molar-refractivity contribution in [3.05, 3.63) is 29.8 Å². The number of methoxy groups -OCH3 is 1. The maximum Gasteiger partial charge on any atom is 0.325 e. The SMILES string of the molecule is COC(=O)CNC(=O)c1ccc(NC(N)=O)cc1. The van der Waals surface area contributed by atoms with E-state index in [1.807, 2.05) is 0 Å². The van der Waals surface area contributed by atoms with Crippen LogP contribution in [0.3, 0.4) is 0 Å². The van der Waals surface area contributed by atoms with Crippen LogP contribution in [-0.4, -0.2) is 31.6 Å². The molecule has 0 fully saturated rings. The Hall–Kier alpha value is -2.57. The van der Waals surface area contributed by atoms with Gasteiger partial charge in [0.05, 0.1) is 7.11 Å². The Kier molecular flexibility index (Phi) is 4.67. The van der Waals surface area contributed by atoms with Crippen LogP contribution in [-0.2, 0) is 9.53 Å². The second-order valence-corrected chi connectivity index (χ2v) is 3.33. The highest BCUT2D eigenvalue weighted by Crippen LogP contribution is 2.08. The van der Waals surface area contributed by atoms with Gasteiger partial charge in [-0.3, -0.25) is 9.59 Å². The zero-order chi connectivity index (χ0) is 13.5. The lowest BCUT2D eigenvalue weighted by molar-refractivity contribution is -0.139. The lowest BCUT2D eigenvalue weighted by Gasteiger charge is -2.05. The summed E-state index contributed by atoms with van der Waals surface area (Å²) in [5.41, 5.74) is 5.77. The molecular weight excluding hydrogens is 238 g/mol. The highest BCUT2D eigenvalue weighted by molar-refractivity contribution is 5.96. The maximum atomic E-state index is 11.6. The average molecular weight is 251 g/mol. The van der Waals surface area contributed by atoms with Gasteiger partial charge in [-0.05, 0) is 24.3 Å². The Bertz CT molecular complexity index is 456. The average Bonchev–Trinajstić information content (AvgIpc) is 2.35. The molecule has 0 aromatic heterocycles. The molecule has 4 N–H and O–H groups in total. The van der Waals surface area contributed by atoms with Crippen molar-refractivity contribution in [2.75, 3.05) is 19.0 Å². The molecule has 96 valence electrons. The molecule has 0 saturated carbocycles. The van der Waals surface area contributed by atoms with Gasteiger partial charge in [0.2, 0.25) is 0 Å². The summed E-state index contributed by atoms with van der Waals surface area (Å²) in [5.74, 6) is -0.943. The number of hydrogen-bond acceptors (Lipinski definition) is 4. The number of esters is 1. The predicted molar refractivity (Wildman–Crippen MR) is 64.0 cm³/mol. The molecule has 0 bridgehead atoms. The first-order valence-electron chi connectivity index (χ1n) is 5.04. The molecule has 0 atom stereocenters. The summed E-state index contributed by atoms with van der Waals surface area (Å²) in [4.78, 5) is 33.0. The number of rotatable bonds is 4. The summed E-state index contributed by atoms with van der Waals surface area (Å²) in [6.07, 6.45) is 0. The van der Waals surface area contributed by atoms with Crippen LogP contribution in [0.5, 0.6) is 0 Å². The first-order valence-corrected chi connectivity index (χ1v) is 5.04. The second-order valence-electron chi connectivity index (χ2n) is 3.33. The normalized spacial score (nSPS) is 9.39. The molecule has 0 unspecified atom stereocenters. The van der Waals surface area contributed by atoms with Crippen LogP contribution >= 0.6 is 0 Å². The van der Waals surface area contributed by atoms with E-state index < -0.39 is 17.9 Å². The number of carbonyl (C=O) groups excluding carboxylic acids is 3. The number of anilines is 1. The summed E-state index contributed by atoms with van der Waals surface area (Å²) in [5, 5.41) is 4.75. The summed E-state index contributed by atoms with van der Waals surface area (Å²) in [6.45, 7) is -0.198. The van der Waals surface area contributed by atoms with Crippen LogP contribution in [0.4, 0.5) is 10.5 Å². The highest BCUT2D eigenvalue weighted by Gasteiger charge is 2.07. The number of nitrogens with two attached hydrogens (primary N) is 1. The van der Waals surface area contributed by atoms with E-state index in [4.69, 9.17) is 5.73 Å². The standard InChI is InChI=1S/C11H13N3O4/c1-18-9(15)6-13-10(16)7-2-4-8(5-3-7)14-11(12)17/h2-5H,6H2,1H3,(H,13,16)(H3,12,14,17). The number of amides is 3. The number of hydrogen-bond donors (Lipinski definition) is 3. The minimum Gasteiger partial charge on any atom is -0.468 e. The van der Waals surface area contributed by atoms with Gasteiger partial charge in [0.15, 0.2) is 0 Å². The van der Waals surface area contributed by atoms with Gasteiger partial charge in [-0.2, -0.15) is 0 Å². The van der Waals surface area contributed by atoms with Gasteiger partial charge in [-0.15, -0.1) is 0 Å². The van der Waals surface area contributed by atoms with E-state index in [0.29, 0.717) is 11.3 Å². The number of carbonyl (C=O) groups is 3. The number of urea groups is 1. The molecule has 0 spiro atoms. The monoisotopic (exact) mass is 251 g/mol. The fourth-order valence-corrected chi connectivity index (χ4v) is 1.17. The Morgan fingerprint density at radius 2 is 1.83 bits per heavy atom. The Morgan fingerprint density at radius 1 is 1.22 bits per heavy atom. The van der Waals surface area contributed by atoms with E-state index in [9.17, 15) is 14.4 Å². The quantitative estimate of drug-likeness (QED) is 0.658. The van der Waals surface area contributed by atoms with E-state index in [0.717, 1.165) is 0 Å². The van der Waals surface area contributed by atoms with E-state index in [1.54, 1.807) is 0 Å². The second kappa shape index (κ2) is 6.24. The first kappa shape index (κ1) is 13.5. The van der Waals surface area contributed by atoms with Gasteiger partial charge in [-0.1, -0.05) is 0 Å². The third-order valence-corrected chi connectivity index (χ3v) is 2.04. The van der Waals surface area contributed by atoms with Crippen LogP contribution in [0.2, 0.25) is 0 Å². The first-order chi connectivity index (χ1) is 8.52. The molecule has 1 aromatic carbocycles. The van der Waals surface area contributed by atoms with Crippen molar-refractivity contribution in [1.82, 2.24) is 5.32 Å². The van der Waals surface area contributed by atoms with E-state index in [1.165, 1.54) is 31.4 Å². The van der Waals surface area contributed by atoms with Gasteiger partial charge < -0.3 is 21.1 Å². The lowest BCUT2D eigenvalue weighted by Crippen LogP contribution is -2.30. The molecule has 3 amide bonds. The zero-order valence-corrected chi connectivity index (χ0v) is 9.73. The number of benzene rings is 1. The molecule has 0 aliphatic rings. The maximum absolute atomic E-state index is 11.6. The minimum atomic E-state index is -0.683. The topological polar surface area (TPSA) is 111 Å². The van der Waals surface area contributed by atoms with Gasteiger partial charge >= 0.3 is 12.0 Å². The Balaban J connectivity index is 2.59. The highest BCUT2D eigenvalue weighted by atomic mass is 16.5. The van der Waals surface area contributed by atoms with E-state index >= 15 is 0 Å². The number of ether oxygens (including phenoxy) is 1. The summed E-state index contributed by atoms with van der Waals surface area (Å²) >= 11 is 0.